The van der Waals surface area contributed by atoms with Crippen molar-refractivity contribution in [3.8, 4) is 6.07 Å². The predicted octanol–water partition coefficient (Wildman–Crippen LogP) is 1.49. The molecule has 1 aliphatic rings. The molecule has 1 aliphatic carbocycles. The molecule has 1 aromatic carbocycles. The summed E-state index contributed by atoms with van der Waals surface area (Å²) in [7, 11) is 0. The first-order chi connectivity index (χ1) is 8.61. The molecule has 6 heteroatoms. The molecule has 0 heterocycles. The van der Waals surface area contributed by atoms with Crippen LogP contribution in [-0.4, -0.2) is 11.8 Å². The zero-order valence-corrected chi connectivity index (χ0v) is 11.0. The first-order valence-corrected chi connectivity index (χ1v) is 6.21. The van der Waals surface area contributed by atoms with Gasteiger partial charge in [0.05, 0.1) is 17.2 Å². The van der Waals surface area contributed by atoms with Crippen LogP contribution in [0.1, 0.15) is 28.8 Å². The fourth-order valence-corrected chi connectivity index (χ4v) is 1.80. The minimum atomic E-state index is -0.493. The topological polar surface area (TPSA) is 82.0 Å². The highest BCUT2D eigenvalue weighted by molar-refractivity contribution is 9.10. The number of benzene rings is 1. The number of nitriles is 1. The maximum absolute atomic E-state index is 11.8. The van der Waals surface area contributed by atoms with Crippen LogP contribution in [0.25, 0.3) is 0 Å². The quantitative estimate of drug-likeness (QED) is 0.812. The summed E-state index contributed by atoms with van der Waals surface area (Å²) in [5.41, 5.74) is 5.14. The van der Waals surface area contributed by atoms with Gasteiger partial charge in [-0.25, -0.2) is 0 Å². The fourth-order valence-electron chi connectivity index (χ4n) is 1.44. The van der Waals surface area contributed by atoms with Gasteiger partial charge in [-0.15, -0.1) is 0 Å². The Morgan fingerprint density at radius 2 is 2.06 bits per heavy atom. The van der Waals surface area contributed by atoms with Crippen molar-refractivity contribution >= 4 is 27.7 Å². The lowest BCUT2D eigenvalue weighted by Gasteiger charge is -2.07. The molecule has 1 aromatic rings. The maximum Gasteiger partial charge on any atom is 0.271 e. The number of hydrazine groups is 1. The zero-order valence-electron chi connectivity index (χ0n) is 9.37. The molecule has 0 aliphatic heterocycles. The van der Waals surface area contributed by atoms with Gasteiger partial charge >= 0.3 is 0 Å². The number of hydrogen-bond acceptors (Lipinski definition) is 3. The van der Waals surface area contributed by atoms with E-state index >= 15 is 0 Å². The van der Waals surface area contributed by atoms with E-state index in [0.717, 1.165) is 17.3 Å². The molecule has 0 aromatic heterocycles. The van der Waals surface area contributed by atoms with Gasteiger partial charge in [-0.05, 0) is 31.0 Å². The lowest BCUT2D eigenvalue weighted by Crippen LogP contribution is -2.42. The van der Waals surface area contributed by atoms with Gasteiger partial charge in [-0.3, -0.25) is 20.4 Å². The van der Waals surface area contributed by atoms with Gasteiger partial charge in [0.2, 0.25) is 5.91 Å². The van der Waals surface area contributed by atoms with E-state index in [0.29, 0.717) is 0 Å². The van der Waals surface area contributed by atoms with E-state index in [2.05, 4.69) is 26.8 Å². The number of halogens is 1. The predicted molar refractivity (Wildman–Crippen MR) is 67.2 cm³/mol. The second-order valence-corrected chi connectivity index (χ2v) is 4.94. The van der Waals surface area contributed by atoms with Crippen molar-refractivity contribution in [1.29, 1.82) is 5.26 Å². The van der Waals surface area contributed by atoms with Gasteiger partial charge in [0.15, 0.2) is 0 Å². The fraction of sp³-hybridized carbons (Fsp3) is 0.250. The number of hydrogen-bond donors (Lipinski definition) is 2. The van der Waals surface area contributed by atoms with Crippen molar-refractivity contribution in [2.75, 3.05) is 0 Å². The molecular weight excluding hydrogens is 298 g/mol. The molecule has 0 unspecified atom stereocenters. The first kappa shape index (κ1) is 12.6. The van der Waals surface area contributed by atoms with Crippen LogP contribution in [0.5, 0.6) is 0 Å². The Morgan fingerprint density at radius 3 is 2.67 bits per heavy atom. The minimum Gasteiger partial charge on any atom is -0.273 e. The van der Waals surface area contributed by atoms with Gasteiger partial charge in [0, 0.05) is 10.4 Å². The molecular formula is C12H10BrN3O2. The Labute approximate surface area is 112 Å². The van der Waals surface area contributed by atoms with E-state index in [1.807, 2.05) is 6.07 Å². The summed E-state index contributed by atoms with van der Waals surface area (Å²) in [6, 6.07) is 6.68. The molecule has 0 saturated heterocycles. The van der Waals surface area contributed by atoms with Crippen molar-refractivity contribution in [2.24, 2.45) is 5.92 Å². The van der Waals surface area contributed by atoms with Gasteiger partial charge < -0.3 is 0 Å². The van der Waals surface area contributed by atoms with Crippen LogP contribution in [0.3, 0.4) is 0 Å². The molecule has 2 N–H and O–H groups in total. The van der Waals surface area contributed by atoms with Crippen molar-refractivity contribution in [2.45, 2.75) is 12.8 Å². The number of carbonyl (C=O) groups is 2. The largest absolute Gasteiger partial charge is 0.273 e. The van der Waals surface area contributed by atoms with Crippen LogP contribution in [0.15, 0.2) is 22.7 Å². The van der Waals surface area contributed by atoms with Gasteiger partial charge in [0.25, 0.3) is 5.91 Å². The van der Waals surface area contributed by atoms with E-state index in [1.54, 1.807) is 12.1 Å². The molecule has 1 fully saturated rings. The number of carbonyl (C=O) groups excluding carboxylic acids is 2. The number of nitrogens with one attached hydrogen (secondary N) is 2. The van der Waals surface area contributed by atoms with Crippen molar-refractivity contribution in [3.05, 3.63) is 33.8 Å². The third-order valence-corrected chi connectivity index (χ3v) is 3.09. The van der Waals surface area contributed by atoms with Gasteiger partial charge in [0.1, 0.15) is 0 Å². The van der Waals surface area contributed by atoms with Crippen molar-refractivity contribution in [1.82, 2.24) is 10.9 Å². The summed E-state index contributed by atoms with van der Waals surface area (Å²) in [5, 5.41) is 8.93. The average Bonchev–Trinajstić information content (AvgIpc) is 3.19. The molecule has 2 amide bonds. The summed E-state index contributed by atoms with van der Waals surface area (Å²) in [4.78, 5) is 23.1. The third-order valence-electron chi connectivity index (χ3n) is 2.59. The van der Waals surface area contributed by atoms with E-state index < -0.39 is 5.91 Å². The average molecular weight is 308 g/mol. The third kappa shape index (κ3) is 2.87. The Balaban J connectivity index is 2.04. The SMILES string of the molecule is N#Cc1cc(Br)ccc1C(=O)NNC(=O)C1CC1. The molecule has 0 bridgehead atoms. The highest BCUT2D eigenvalue weighted by Crippen LogP contribution is 2.28. The number of amides is 2. The molecule has 1 saturated carbocycles. The summed E-state index contributed by atoms with van der Waals surface area (Å²) in [6.07, 6.45) is 1.73. The molecule has 92 valence electrons. The summed E-state index contributed by atoms with van der Waals surface area (Å²) < 4.78 is 0.720. The maximum atomic E-state index is 11.8. The Morgan fingerprint density at radius 1 is 1.33 bits per heavy atom. The highest BCUT2D eigenvalue weighted by atomic mass is 79.9. The smallest absolute Gasteiger partial charge is 0.271 e. The summed E-state index contributed by atoms with van der Waals surface area (Å²) in [5.74, 6) is -0.655. The van der Waals surface area contributed by atoms with Crippen molar-refractivity contribution < 1.29 is 9.59 Å². The lowest BCUT2D eigenvalue weighted by atomic mass is 10.1. The molecule has 5 nitrogen and oxygen atoms in total. The van der Waals surface area contributed by atoms with Crippen LogP contribution in [0.4, 0.5) is 0 Å². The Bertz CT molecular complexity index is 547. The molecule has 18 heavy (non-hydrogen) atoms. The molecule has 0 radical (unpaired) electrons. The number of rotatable bonds is 2. The number of nitrogens with zero attached hydrogens (tertiary/aromatic N) is 1. The van der Waals surface area contributed by atoms with Crippen molar-refractivity contribution in [3.63, 3.8) is 0 Å². The van der Waals surface area contributed by atoms with Gasteiger partial charge in [-0.1, -0.05) is 15.9 Å². The lowest BCUT2D eigenvalue weighted by molar-refractivity contribution is -0.123. The van der Waals surface area contributed by atoms with E-state index in [9.17, 15) is 9.59 Å². The monoisotopic (exact) mass is 307 g/mol. The molecule has 0 spiro atoms. The zero-order chi connectivity index (χ0) is 13.1. The highest BCUT2D eigenvalue weighted by Gasteiger charge is 2.29. The van der Waals surface area contributed by atoms with Crippen LogP contribution >= 0.6 is 15.9 Å². The molecule has 2 rings (SSSR count). The Kier molecular flexibility index (Phi) is 3.63. The van der Waals surface area contributed by atoms with Crippen LogP contribution in [0.2, 0.25) is 0 Å². The Hall–Kier alpha value is -1.87. The first-order valence-electron chi connectivity index (χ1n) is 5.41. The van der Waals surface area contributed by atoms with E-state index in [1.165, 1.54) is 6.07 Å². The second-order valence-electron chi connectivity index (χ2n) is 4.02. The van der Waals surface area contributed by atoms with E-state index in [4.69, 9.17) is 5.26 Å². The summed E-state index contributed by atoms with van der Waals surface area (Å²) in [6.45, 7) is 0. The van der Waals surface area contributed by atoms with Crippen LogP contribution < -0.4 is 10.9 Å². The standard InChI is InChI=1S/C12H10BrN3O2/c13-9-3-4-10(8(5-9)6-14)12(18)16-15-11(17)7-1-2-7/h3-5,7H,1-2H2,(H,15,17)(H,16,18). The van der Waals surface area contributed by atoms with Gasteiger partial charge in [-0.2, -0.15) is 5.26 Å². The van der Waals surface area contributed by atoms with E-state index in [-0.39, 0.29) is 23.0 Å². The normalized spacial score (nSPS) is 13.6. The minimum absolute atomic E-state index is 0.0191. The molecule has 0 atom stereocenters. The second kappa shape index (κ2) is 5.19. The van der Waals surface area contributed by atoms with Crippen LogP contribution in [-0.2, 0) is 4.79 Å². The van der Waals surface area contributed by atoms with Crippen LogP contribution in [0, 0.1) is 17.2 Å². The summed E-state index contributed by atoms with van der Waals surface area (Å²) >= 11 is 3.22.